The molecule has 12 unspecified atom stereocenters. The quantitative estimate of drug-likeness (QED) is 0.0426. The number of carboxylic acids is 1. The number of ether oxygens (including phenoxy) is 1. The summed E-state index contributed by atoms with van der Waals surface area (Å²) in [5.41, 5.74) is 3.40. The highest BCUT2D eigenvalue weighted by Crippen LogP contribution is 2.41. The van der Waals surface area contributed by atoms with Crippen LogP contribution in [-0.4, -0.2) is 73.3 Å². The van der Waals surface area contributed by atoms with Crippen LogP contribution in [0, 0.1) is 71.0 Å². The number of carboxylic acid groups (broad SMARTS) is 1. The molecule has 6 fully saturated rings. The van der Waals surface area contributed by atoms with E-state index in [0.29, 0.717) is 81.2 Å². The fraction of sp³-hybridized carbons (Fsp3) is 0.936. The summed E-state index contributed by atoms with van der Waals surface area (Å²) in [6, 6.07) is 0.355. The van der Waals surface area contributed by atoms with Crippen molar-refractivity contribution in [2.24, 2.45) is 71.0 Å². The topological polar surface area (TPSA) is 162 Å². The Morgan fingerprint density at radius 2 is 1.17 bits per heavy atom. The third-order valence-electron chi connectivity index (χ3n) is 16.1. The van der Waals surface area contributed by atoms with Gasteiger partial charge in [0.15, 0.2) is 0 Å². The summed E-state index contributed by atoms with van der Waals surface area (Å²) in [5, 5.41) is 22.6. The standard InChI is InChI=1S/C47H80N2O10/c1-31-21-35(14-19-43(31)48-45(50)42-24-37(13-18-41(42)46(51)52)28-59-58-27-34-11-7-4-8-12-34)23-36-15-20-44(32(2)22-36)49-56-29-40-25-38(16-17-39(40)30-57-54)47(53)55-26-33-9-5-3-6-10-33/h31-44,49,54H,3-30H2,1-2H3,(H,48,50)(H,51,52). The minimum absolute atomic E-state index is 0.0737. The molecule has 0 saturated heterocycles. The number of amides is 1. The van der Waals surface area contributed by atoms with Gasteiger partial charge in [0.05, 0.1) is 50.8 Å². The first-order valence-electron chi connectivity index (χ1n) is 24.2. The van der Waals surface area contributed by atoms with Gasteiger partial charge in [0.25, 0.3) is 0 Å². The van der Waals surface area contributed by atoms with Crippen LogP contribution in [0.3, 0.4) is 0 Å². The smallest absolute Gasteiger partial charge is 0.308 e. The Morgan fingerprint density at radius 3 is 1.80 bits per heavy atom. The van der Waals surface area contributed by atoms with E-state index < -0.39 is 17.8 Å². The van der Waals surface area contributed by atoms with E-state index in [1.807, 2.05) is 0 Å². The second-order valence-electron chi connectivity index (χ2n) is 20.5. The molecule has 6 rings (SSSR count). The van der Waals surface area contributed by atoms with Gasteiger partial charge in [-0.1, -0.05) is 52.4 Å². The number of rotatable bonds is 19. The Hall–Kier alpha value is -1.83. The Morgan fingerprint density at radius 1 is 0.559 bits per heavy atom. The molecule has 4 N–H and O–H groups in total. The minimum atomic E-state index is -0.872. The number of nitrogens with one attached hydrogen (secondary N) is 2. The first kappa shape index (κ1) is 46.7. The van der Waals surface area contributed by atoms with Gasteiger partial charge in [-0.2, -0.15) is 5.48 Å². The van der Waals surface area contributed by atoms with E-state index in [4.69, 9.17) is 19.3 Å². The number of hydrogen-bond acceptors (Lipinski definition) is 10. The molecule has 0 aromatic rings. The molecule has 6 aliphatic rings. The fourth-order valence-electron chi connectivity index (χ4n) is 12.2. The lowest BCUT2D eigenvalue weighted by Crippen LogP contribution is -2.49. The zero-order chi connectivity index (χ0) is 41.6. The van der Waals surface area contributed by atoms with Crippen molar-refractivity contribution in [2.45, 2.75) is 174 Å². The molecule has 12 nitrogen and oxygen atoms in total. The molecular formula is C47H80N2O10. The zero-order valence-electron chi connectivity index (χ0n) is 36.5. The Balaban J connectivity index is 0.876. The molecule has 59 heavy (non-hydrogen) atoms. The first-order chi connectivity index (χ1) is 28.7. The normalized spacial score (nSPS) is 36.5. The summed E-state index contributed by atoms with van der Waals surface area (Å²) >= 11 is 0. The molecule has 0 aromatic carbocycles. The third kappa shape index (κ3) is 14.4. The van der Waals surface area contributed by atoms with Gasteiger partial charge >= 0.3 is 11.9 Å². The highest BCUT2D eigenvalue weighted by atomic mass is 17.2. The average Bonchev–Trinajstić information content (AvgIpc) is 3.24. The summed E-state index contributed by atoms with van der Waals surface area (Å²) in [4.78, 5) is 60.9. The van der Waals surface area contributed by atoms with Gasteiger partial charge in [0, 0.05) is 12.1 Å². The van der Waals surface area contributed by atoms with E-state index >= 15 is 0 Å². The van der Waals surface area contributed by atoms with Crippen molar-refractivity contribution < 1.29 is 49.0 Å². The SMILES string of the molecule is CC1CC(CC2CCC(NC(=O)C3CC(COOCC4CCCCC4)CCC3C(=O)O)C(C)C2)CCC1NOCC1CC(C(=O)OCC2CCCCC2)CCC1COO. The van der Waals surface area contributed by atoms with Gasteiger partial charge in [0.2, 0.25) is 5.91 Å². The van der Waals surface area contributed by atoms with Crippen molar-refractivity contribution in [3.63, 3.8) is 0 Å². The van der Waals surface area contributed by atoms with Crippen molar-refractivity contribution in [1.82, 2.24) is 10.8 Å². The molecule has 0 radical (unpaired) electrons. The molecule has 0 bridgehead atoms. The Kier molecular flexibility index (Phi) is 19.1. The minimum Gasteiger partial charge on any atom is -0.481 e. The van der Waals surface area contributed by atoms with E-state index in [1.165, 1.54) is 57.8 Å². The van der Waals surface area contributed by atoms with E-state index in [9.17, 15) is 24.7 Å². The number of carbonyl (C=O) groups is 3. The lowest BCUT2D eigenvalue weighted by molar-refractivity contribution is -0.310. The molecule has 1 amide bonds. The van der Waals surface area contributed by atoms with E-state index in [-0.39, 0.29) is 54.2 Å². The van der Waals surface area contributed by atoms with E-state index in [1.54, 1.807) is 0 Å². The van der Waals surface area contributed by atoms with Crippen molar-refractivity contribution in [3.05, 3.63) is 0 Å². The van der Waals surface area contributed by atoms with Crippen LogP contribution in [0.4, 0.5) is 0 Å². The molecule has 338 valence electrons. The number of esters is 1. The molecule has 0 aromatic heterocycles. The Labute approximate surface area is 354 Å². The summed E-state index contributed by atoms with van der Waals surface area (Å²) in [5.74, 6) is 1.20. The van der Waals surface area contributed by atoms with Crippen LogP contribution in [0.1, 0.15) is 162 Å². The van der Waals surface area contributed by atoms with Gasteiger partial charge in [-0.15, -0.1) is 0 Å². The van der Waals surface area contributed by atoms with Crippen LogP contribution < -0.4 is 10.8 Å². The highest BCUT2D eigenvalue weighted by Gasteiger charge is 2.42. The lowest BCUT2D eigenvalue weighted by atomic mass is 9.70. The van der Waals surface area contributed by atoms with Gasteiger partial charge in [-0.05, 0) is 162 Å². The van der Waals surface area contributed by atoms with Crippen molar-refractivity contribution in [3.8, 4) is 0 Å². The van der Waals surface area contributed by atoms with Gasteiger partial charge in [-0.25, -0.2) is 14.7 Å². The highest BCUT2D eigenvalue weighted by molar-refractivity contribution is 5.85. The number of aliphatic carboxylic acids is 1. The van der Waals surface area contributed by atoms with Gasteiger partial charge < -0.3 is 20.0 Å². The summed E-state index contributed by atoms with van der Waals surface area (Å²) in [6.45, 7) is 6.88. The summed E-state index contributed by atoms with van der Waals surface area (Å²) in [7, 11) is 0. The number of hydrogen-bond donors (Lipinski definition) is 4. The molecule has 0 aliphatic heterocycles. The second kappa shape index (κ2) is 24.1. The van der Waals surface area contributed by atoms with Crippen LogP contribution in [-0.2, 0) is 38.6 Å². The fourth-order valence-corrected chi connectivity index (χ4v) is 12.2. The largest absolute Gasteiger partial charge is 0.481 e. The Bertz CT molecular complexity index is 1280. The van der Waals surface area contributed by atoms with Crippen molar-refractivity contribution >= 4 is 17.8 Å². The maximum absolute atomic E-state index is 13.7. The predicted molar refractivity (Wildman–Crippen MR) is 223 cm³/mol. The van der Waals surface area contributed by atoms with Crippen LogP contribution in [0.2, 0.25) is 0 Å². The molecule has 0 heterocycles. The van der Waals surface area contributed by atoms with Gasteiger partial charge in [-0.3, -0.25) is 19.6 Å². The molecule has 6 saturated carbocycles. The zero-order valence-corrected chi connectivity index (χ0v) is 36.5. The first-order valence-corrected chi connectivity index (χ1v) is 24.2. The van der Waals surface area contributed by atoms with Crippen molar-refractivity contribution in [2.75, 3.05) is 33.0 Å². The molecule has 12 atom stereocenters. The molecule has 12 heteroatoms. The van der Waals surface area contributed by atoms with Crippen molar-refractivity contribution in [1.29, 1.82) is 0 Å². The second-order valence-corrected chi connectivity index (χ2v) is 20.5. The molecular weight excluding hydrogens is 753 g/mol. The van der Waals surface area contributed by atoms with Gasteiger partial charge in [0.1, 0.15) is 0 Å². The third-order valence-corrected chi connectivity index (χ3v) is 16.1. The summed E-state index contributed by atoms with van der Waals surface area (Å²) < 4.78 is 5.81. The van der Waals surface area contributed by atoms with Crippen LogP contribution in [0.5, 0.6) is 0 Å². The molecule has 6 aliphatic carbocycles. The monoisotopic (exact) mass is 833 g/mol. The van der Waals surface area contributed by atoms with Crippen LogP contribution >= 0.6 is 0 Å². The molecule has 0 spiro atoms. The van der Waals surface area contributed by atoms with E-state index in [0.717, 1.165) is 70.6 Å². The maximum Gasteiger partial charge on any atom is 0.308 e. The maximum atomic E-state index is 13.7. The number of hydroxylamine groups is 1. The average molecular weight is 833 g/mol. The summed E-state index contributed by atoms with van der Waals surface area (Å²) in [6.07, 6.45) is 24.0. The van der Waals surface area contributed by atoms with E-state index in [2.05, 4.69) is 29.5 Å². The lowest BCUT2D eigenvalue weighted by Gasteiger charge is -2.40. The predicted octanol–water partition coefficient (Wildman–Crippen LogP) is 8.91. The number of carbonyl (C=O) groups excluding carboxylic acids is 2. The van der Waals surface area contributed by atoms with Crippen LogP contribution in [0.25, 0.3) is 0 Å². The van der Waals surface area contributed by atoms with Crippen LogP contribution in [0.15, 0.2) is 0 Å².